The molecule has 2 heteroatoms. The number of hydrogen-bond donors (Lipinski definition) is 1. The molecule has 0 unspecified atom stereocenters. The largest absolute Gasteiger partial charge is 0.371 e. The van der Waals surface area contributed by atoms with Crippen molar-refractivity contribution in [1.29, 1.82) is 0 Å². The van der Waals surface area contributed by atoms with Gasteiger partial charge in [0, 0.05) is 18.8 Å². The molecule has 1 aromatic carbocycles. The maximum absolute atomic E-state index is 5.79. The number of hydrogen-bond acceptors (Lipinski definition) is 2. The zero-order chi connectivity index (χ0) is 10.7. The molecule has 1 aromatic rings. The first kappa shape index (κ1) is 10.5. The van der Waals surface area contributed by atoms with Crippen LogP contribution in [0, 0.1) is 5.92 Å². The minimum absolute atomic E-state index is 0.631. The van der Waals surface area contributed by atoms with E-state index >= 15 is 0 Å². The summed E-state index contributed by atoms with van der Waals surface area (Å²) >= 11 is 0. The second-order valence-corrected chi connectivity index (χ2v) is 4.38. The lowest BCUT2D eigenvalue weighted by Gasteiger charge is -2.35. The van der Waals surface area contributed by atoms with Gasteiger partial charge in [0.1, 0.15) is 0 Å². The first-order chi connectivity index (χ1) is 7.35. The van der Waals surface area contributed by atoms with Gasteiger partial charge in [-0.05, 0) is 36.9 Å². The molecule has 15 heavy (non-hydrogen) atoms. The summed E-state index contributed by atoms with van der Waals surface area (Å²) in [6, 6.07) is 8.73. The van der Waals surface area contributed by atoms with Gasteiger partial charge in [-0.1, -0.05) is 25.1 Å². The minimum Gasteiger partial charge on any atom is -0.371 e. The molecule has 0 aliphatic carbocycles. The topological polar surface area (TPSA) is 29.3 Å². The zero-order valence-electron chi connectivity index (χ0n) is 9.45. The molecule has 2 nitrogen and oxygen atoms in total. The van der Waals surface area contributed by atoms with Gasteiger partial charge in [-0.3, -0.25) is 0 Å². The van der Waals surface area contributed by atoms with Gasteiger partial charge >= 0.3 is 0 Å². The Balaban J connectivity index is 2.25. The SMILES string of the molecule is CCCN1C[C@@H](CN)Cc2ccccc21. The quantitative estimate of drug-likeness (QED) is 0.816. The van der Waals surface area contributed by atoms with Crippen molar-refractivity contribution in [2.75, 3.05) is 24.5 Å². The normalized spacial score (nSPS) is 20.1. The van der Waals surface area contributed by atoms with Crippen molar-refractivity contribution in [2.45, 2.75) is 19.8 Å². The highest BCUT2D eigenvalue weighted by Crippen LogP contribution is 2.29. The lowest BCUT2D eigenvalue weighted by molar-refractivity contribution is 0.498. The second kappa shape index (κ2) is 4.67. The molecule has 82 valence electrons. The molecule has 0 amide bonds. The summed E-state index contributed by atoms with van der Waals surface area (Å²) in [4.78, 5) is 2.48. The lowest BCUT2D eigenvalue weighted by Crippen LogP contribution is -2.38. The van der Waals surface area contributed by atoms with E-state index in [0.29, 0.717) is 5.92 Å². The van der Waals surface area contributed by atoms with Gasteiger partial charge in [0.2, 0.25) is 0 Å². The molecule has 1 heterocycles. The van der Waals surface area contributed by atoms with Gasteiger partial charge in [0.05, 0.1) is 0 Å². The molecule has 1 aliphatic heterocycles. The number of nitrogens with zero attached hydrogens (tertiary/aromatic N) is 1. The van der Waals surface area contributed by atoms with Crippen LogP contribution in [0.15, 0.2) is 24.3 Å². The Bertz CT molecular complexity index is 322. The summed E-state index contributed by atoms with van der Waals surface area (Å²) in [5, 5.41) is 0. The van der Waals surface area contributed by atoms with Crippen molar-refractivity contribution in [3.05, 3.63) is 29.8 Å². The highest BCUT2D eigenvalue weighted by atomic mass is 15.1. The Morgan fingerprint density at radius 2 is 2.20 bits per heavy atom. The zero-order valence-corrected chi connectivity index (χ0v) is 9.45. The Morgan fingerprint density at radius 1 is 1.40 bits per heavy atom. The molecule has 0 spiro atoms. The number of para-hydroxylation sites is 1. The summed E-state index contributed by atoms with van der Waals surface area (Å²) in [6.45, 7) is 5.30. The fourth-order valence-corrected chi connectivity index (χ4v) is 2.42. The molecule has 0 fully saturated rings. The number of nitrogens with two attached hydrogens (primary N) is 1. The van der Waals surface area contributed by atoms with Crippen molar-refractivity contribution in [2.24, 2.45) is 11.7 Å². The van der Waals surface area contributed by atoms with Crippen LogP contribution >= 0.6 is 0 Å². The van der Waals surface area contributed by atoms with E-state index in [1.165, 1.54) is 17.7 Å². The van der Waals surface area contributed by atoms with Crippen molar-refractivity contribution in [3.8, 4) is 0 Å². The molecular weight excluding hydrogens is 184 g/mol. The predicted molar refractivity (Wildman–Crippen MR) is 65.2 cm³/mol. The smallest absolute Gasteiger partial charge is 0.0398 e. The van der Waals surface area contributed by atoms with Crippen LogP contribution in [-0.2, 0) is 6.42 Å². The van der Waals surface area contributed by atoms with E-state index in [-0.39, 0.29) is 0 Å². The first-order valence-electron chi connectivity index (χ1n) is 5.88. The van der Waals surface area contributed by atoms with Crippen LogP contribution in [0.3, 0.4) is 0 Å². The Labute approximate surface area is 92.1 Å². The number of rotatable bonds is 3. The van der Waals surface area contributed by atoms with Crippen LogP contribution in [-0.4, -0.2) is 19.6 Å². The van der Waals surface area contributed by atoms with Crippen LogP contribution < -0.4 is 10.6 Å². The van der Waals surface area contributed by atoms with E-state index in [1.807, 2.05) is 0 Å². The summed E-state index contributed by atoms with van der Waals surface area (Å²) in [7, 11) is 0. The highest BCUT2D eigenvalue weighted by Gasteiger charge is 2.22. The number of anilines is 1. The molecule has 0 saturated carbocycles. The summed E-state index contributed by atoms with van der Waals surface area (Å²) in [5.41, 5.74) is 8.68. The average Bonchev–Trinajstić information content (AvgIpc) is 2.29. The maximum Gasteiger partial charge on any atom is 0.0398 e. The molecule has 0 aromatic heterocycles. The van der Waals surface area contributed by atoms with Gasteiger partial charge < -0.3 is 10.6 Å². The third-order valence-corrected chi connectivity index (χ3v) is 3.15. The Hall–Kier alpha value is -1.02. The van der Waals surface area contributed by atoms with Crippen molar-refractivity contribution < 1.29 is 0 Å². The maximum atomic E-state index is 5.79. The van der Waals surface area contributed by atoms with Gasteiger partial charge in [0.15, 0.2) is 0 Å². The van der Waals surface area contributed by atoms with E-state index in [9.17, 15) is 0 Å². The van der Waals surface area contributed by atoms with E-state index in [4.69, 9.17) is 5.73 Å². The van der Waals surface area contributed by atoms with Gasteiger partial charge in [-0.15, -0.1) is 0 Å². The summed E-state index contributed by atoms with van der Waals surface area (Å²) in [6.07, 6.45) is 2.35. The molecule has 2 N–H and O–H groups in total. The number of benzene rings is 1. The molecule has 0 radical (unpaired) electrons. The molecule has 1 aliphatic rings. The Morgan fingerprint density at radius 3 is 2.93 bits per heavy atom. The van der Waals surface area contributed by atoms with Crippen molar-refractivity contribution in [1.82, 2.24) is 0 Å². The minimum atomic E-state index is 0.631. The van der Waals surface area contributed by atoms with Crippen LogP contribution in [0.25, 0.3) is 0 Å². The predicted octanol–water partition coefficient (Wildman–Crippen LogP) is 2.03. The van der Waals surface area contributed by atoms with E-state index in [0.717, 1.165) is 26.1 Å². The first-order valence-corrected chi connectivity index (χ1v) is 5.88. The van der Waals surface area contributed by atoms with Gasteiger partial charge in [0.25, 0.3) is 0 Å². The van der Waals surface area contributed by atoms with Crippen molar-refractivity contribution >= 4 is 5.69 Å². The monoisotopic (exact) mass is 204 g/mol. The van der Waals surface area contributed by atoms with E-state index < -0.39 is 0 Å². The molecule has 2 rings (SSSR count). The molecular formula is C13H20N2. The van der Waals surface area contributed by atoms with E-state index in [2.05, 4.69) is 36.1 Å². The standard InChI is InChI=1S/C13H20N2/c1-2-7-15-10-11(9-14)8-12-5-3-4-6-13(12)15/h3-6,11H,2,7-10,14H2,1H3/t11-/m1/s1. The molecule has 0 bridgehead atoms. The molecule has 0 saturated heterocycles. The fourth-order valence-electron chi connectivity index (χ4n) is 2.42. The van der Waals surface area contributed by atoms with Crippen LogP contribution in [0.1, 0.15) is 18.9 Å². The van der Waals surface area contributed by atoms with Crippen LogP contribution in [0.5, 0.6) is 0 Å². The average molecular weight is 204 g/mol. The third-order valence-electron chi connectivity index (χ3n) is 3.15. The Kier molecular flexibility index (Phi) is 3.27. The van der Waals surface area contributed by atoms with Gasteiger partial charge in [-0.2, -0.15) is 0 Å². The van der Waals surface area contributed by atoms with Crippen molar-refractivity contribution in [3.63, 3.8) is 0 Å². The molecule has 1 atom stereocenters. The van der Waals surface area contributed by atoms with E-state index in [1.54, 1.807) is 0 Å². The summed E-state index contributed by atoms with van der Waals surface area (Å²) < 4.78 is 0. The number of fused-ring (bicyclic) bond motifs is 1. The third kappa shape index (κ3) is 2.15. The summed E-state index contributed by atoms with van der Waals surface area (Å²) in [5.74, 6) is 0.631. The second-order valence-electron chi connectivity index (χ2n) is 4.38. The van der Waals surface area contributed by atoms with Gasteiger partial charge in [-0.25, -0.2) is 0 Å². The van der Waals surface area contributed by atoms with Crippen LogP contribution in [0.2, 0.25) is 0 Å². The van der Waals surface area contributed by atoms with Crippen LogP contribution in [0.4, 0.5) is 5.69 Å². The lowest BCUT2D eigenvalue weighted by atomic mass is 9.92. The highest BCUT2D eigenvalue weighted by molar-refractivity contribution is 5.55. The fraction of sp³-hybridized carbons (Fsp3) is 0.538.